The first kappa shape index (κ1) is 16.5. The van der Waals surface area contributed by atoms with Crippen molar-refractivity contribution in [2.24, 2.45) is 0 Å². The van der Waals surface area contributed by atoms with Gasteiger partial charge in [0.2, 0.25) is 0 Å². The highest BCUT2D eigenvalue weighted by atomic mass is 79.9. The maximum Gasteiger partial charge on any atom is 0.501 e. The van der Waals surface area contributed by atoms with Gasteiger partial charge in [0.25, 0.3) is 9.84 Å². The van der Waals surface area contributed by atoms with Gasteiger partial charge in [-0.05, 0) is 24.1 Å². The standard InChI is InChI=1S/C11H12BrF3O3S/c1-18-7-9(12)6-8-2-4-10(5-3-8)19(16,17)11(13,14)15/h2-5,9H,6-7H2,1H3. The molecule has 0 N–H and O–H groups in total. The molecule has 19 heavy (non-hydrogen) atoms. The first-order valence-electron chi connectivity index (χ1n) is 5.22. The van der Waals surface area contributed by atoms with E-state index in [2.05, 4.69) is 15.9 Å². The molecule has 0 aliphatic heterocycles. The predicted molar refractivity (Wildman–Crippen MR) is 68.0 cm³/mol. The molecule has 0 aliphatic rings. The lowest BCUT2D eigenvalue weighted by Gasteiger charge is -2.10. The topological polar surface area (TPSA) is 43.4 Å². The van der Waals surface area contributed by atoms with Gasteiger partial charge in [0, 0.05) is 11.9 Å². The largest absolute Gasteiger partial charge is 0.501 e. The number of alkyl halides is 4. The van der Waals surface area contributed by atoms with Crippen molar-refractivity contribution in [2.45, 2.75) is 21.7 Å². The van der Waals surface area contributed by atoms with Gasteiger partial charge in [0.1, 0.15) is 0 Å². The van der Waals surface area contributed by atoms with Crippen LogP contribution in [0.1, 0.15) is 5.56 Å². The van der Waals surface area contributed by atoms with Crippen molar-refractivity contribution in [2.75, 3.05) is 13.7 Å². The summed E-state index contributed by atoms with van der Waals surface area (Å²) >= 11 is 3.34. The number of benzene rings is 1. The maximum atomic E-state index is 12.3. The van der Waals surface area contributed by atoms with Gasteiger partial charge in [-0.2, -0.15) is 13.2 Å². The van der Waals surface area contributed by atoms with Crippen molar-refractivity contribution < 1.29 is 26.3 Å². The van der Waals surface area contributed by atoms with Crippen molar-refractivity contribution in [1.29, 1.82) is 0 Å². The van der Waals surface area contributed by atoms with E-state index in [1.807, 2.05) is 0 Å². The van der Waals surface area contributed by atoms with Crippen molar-refractivity contribution in [3.05, 3.63) is 29.8 Å². The van der Waals surface area contributed by atoms with E-state index in [1.54, 1.807) is 0 Å². The van der Waals surface area contributed by atoms with Gasteiger partial charge in [0.15, 0.2) is 0 Å². The molecule has 108 valence electrons. The van der Waals surface area contributed by atoms with Crippen LogP contribution in [0.15, 0.2) is 29.2 Å². The van der Waals surface area contributed by atoms with E-state index in [-0.39, 0.29) is 4.83 Å². The van der Waals surface area contributed by atoms with E-state index in [1.165, 1.54) is 19.2 Å². The van der Waals surface area contributed by atoms with E-state index in [0.717, 1.165) is 17.7 Å². The summed E-state index contributed by atoms with van der Waals surface area (Å²) in [6, 6.07) is 4.65. The van der Waals surface area contributed by atoms with E-state index >= 15 is 0 Å². The number of halogens is 4. The molecular weight excluding hydrogens is 349 g/mol. The molecule has 0 spiro atoms. The lowest BCUT2D eigenvalue weighted by molar-refractivity contribution is -0.0436. The van der Waals surface area contributed by atoms with Crippen LogP contribution in [-0.2, 0) is 21.0 Å². The molecule has 0 amide bonds. The Morgan fingerprint density at radius 1 is 1.26 bits per heavy atom. The van der Waals surface area contributed by atoms with E-state index < -0.39 is 20.2 Å². The molecule has 0 saturated heterocycles. The summed E-state index contributed by atoms with van der Waals surface area (Å²) in [7, 11) is -3.73. The molecule has 0 heterocycles. The van der Waals surface area contributed by atoms with Crippen LogP contribution in [0.5, 0.6) is 0 Å². The normalized spacial score (nSPS) is 14.4. The van der Waals surface area contributed by atoms with E-state index in [9.17, 15) is 21.6 Å². The number of methoxy groups -OCH3 is 1. The molecule has 0 radical (unpaired) electrons. The molecule has 0 bridgehead atoms. The molecule has 1 atom stereocenters. The lowest BCUT2D eigenvalue weighted by Crippen LogP contribution is -2.23. The number of rotatable bonds is 5. The van der Waals surface area contributed by atoms with Crippen molar-refractivity contribution in [3.63, 3.8) is 0 Å². The Morgan fingerprint density at radius 2 is 1.79 bits per heavy atom. The van der Waals surface area contributed by atoms with Gasteiger partial charge in [-0.3, -0.25) is 0 Å². The average molecular weight is 361 g/mol. The minimum Gasteiger partial charge on any atom is -0.384 e. The highest BCUT2D eigenvalue weighted by molar-refractivity contribution is 9.09. The van der Waals surface area contributed by atoms with Crippen LogP contribution in [0.4, 0.5) is 13.2 Å². The summed E-state index contributed by atoms with van der Waals surface area (Å²) in [5.41, 5.74) is -4.55. The summed E-state index contributed by atoms with van der Waals surface area (Å²) < 4.78 is 64.1. The molecule has 1 aromatic rings. The monoisotopic (exact) mass is 360 g/mol. The third-order valence-corrected chi connectivity index (χ3v) is 4.43. The molecule has 1 unspecified atom stereocenters. The fraction of sp³-hybridized carbons (Fsp3) is 0.455. The quantitative estimate of drug-likeness (QED) is 0.758. The van der Waals surface area contributed by atoms with Gasteiger partial charge in [-0.25, -0.2) is 8.42 Å². The third kappa shape index (κ3) is 4.19. The van der Waals surface area contributed by atoms with Crippen molar-refractivity contribution >= 4 is 25.8 Å². The first-order chi connectivity index (χ1) is 8.68. The van der Waals surface area contributed by atoms with E-state index in [0.29, 0.717) is 13.0 Å². The molecule has 1 aromatic carbocycles. The average Bonchev–Trinajstić information content (AvgIpc) is 2.28. The Labute approximate surface area is 117 Å². The fourth-order valence-corrected chi connectivity index (χ4v) is 2.83. The van der Waals surface area contributed by atoms with Gasteiger partial charge in [0.05, 0.1) is 11.5 Å². The zero-order chi connectivity index (χ0) is 14.7. The summed E-state index contributed by atoms with van der Waals surface area (Å²) in [4.78, 5) is -0.732. The van der Waals surface area contributed by atoms with Gasteiger partial charge < -0.3 is 4.74 Å². The lowest BCUT2D eigenvalue weighted by atomic mass is 10.1. The summed E-state index contributed by atoms with van der Waals surface area (Å²) in [6.45, 7) is 0.447. The van der Waals surface area contributed by atoms with Gasteiger partial charge in [-0.15, -0.1) is 0 Å². The van der Waals surface area contributed by atoms with Gasteiger partial charge >= 0.3 is 5.51 Å². The highest BCUT2D eigenvalue weighted by Gasteiger charge is 2.46. The van der Waals surface area contributed by atoms with Crippen LogP contribution in [0.25, 0.3) is 0 Å². The van der Waals surface area contributed by atoms with Gasteiger partial charge in [-0.1, -0.05) is 28.1 Å². The molecule has 0 aromatic heterocycles. The Kier molecular flexibility index (Phi) is 5.40. The van der Waals surface area contributed by atoms with Crippen LogP contribution in [0.2, 0.25) is 0 Å². The molecule has 8 heteroatoms. The molecule has 0 saturated carbocycles. The fourth-order valence-electron chi connectivity index (χ4n) is 1.43. The summed E-state index contributed by atoms with van der Waals surface area (Å²) in [5.74, 6) is 0. The number of ether oxygens (including phenoxy) is 1. The van der Waals surface area contributed by atoms with Crippen molar-refractivity contribution in [3.8, 4) is 0 Å². The second-order valence-corrected chi connectivity index (χ2v) is 7.09. The Hall–Kier alpha value is -0.600. The minimum atomic E-state index is -5.28. The smallest absolute Gasteiger partial charge is 0.384 e. The SMILES string of the molecule is COCC(Br)Cc1ccc(S(=O)(=O)C(F)(F)F)cc1. The number of hydrogen-bond acceptors (Lipinski definition) is 3. The van der Waals surface area contributed by atoms with Crippen LogP contribution in [0, 0.1) is 0 Å². The molecule has 3 nitrogen and oxygen atoms in total. The Morgan fingerprint density at radius 3 is 2.21 bits per heavy atom. The summed E-state index contributed by atoms with van der Waals surface area (Å²) in [5, 5.41) is 0. The van der Waals surface area contributed by atoms with Crippen LogP contribution >= 0.6 is 15.9 Å². The van der Waals surface area contributed by atoms with Crippen molar-refractivity contribution in [1.82, 2.24) is 0 Å². The Balaban J connectivity index is 2.89. The predicted octanol–water partition coefficient (Wildman–Crippen LogP) is 2.93. The van der Waals surface area contributed by atoms with E-state index in [4.69, 9.17) is 4.74 Å². The van der Waals surface area contributed by atoms with Crippen LogP contribution in [0.3, 0.4) is 0 Å². The highest BCUT2D eigenvalue weighted by Crippen LogP contribution is 2.30. The summed E-state index contributed by atoms with van der Waals surface area (Å²) in [6.07, 6.45) is 0.528. The number of sulfone groups is 1. The maximum absolute atomic E-state index is 12.3. The molecular formula is C11H12BrF3O3S. The second kappa shape index (κ2) is 6.23. The Bertz CT molecular complexity index is 511. The zero-order valence-corrected chi connectivity index (χ0v) is 12.3. The second-order valence-electron chi connectivity index (χ2n) is 3.85. The third-order valence-electron chi connectivity index (χ3n) is 2.34. The zero-order valence-electron chi connectivity index (χ0n) is 9.95. The molecule has 0 fully saturated rings. The molecule has 0 aliphatic carbocycles. The van der Waals surface area contributed by atoms with Crippen LogP contribution in [-0.4, -0.2) is 32.5 Å². The van der Waals surface area contributed by atoms with Crippen LogP contribution < -0.4 is 0 Å². The minimum absolute atomic E-state index is 0.0163. The molecule has 1 rings (SSSR count). The first-order valence-corrected chi connectivity index (χ1v) is 7.61. The number of hydrogen-bond donors (Lipinski definition) is 0.